The van der Waals surface area contributed by atoms with Gasteiger partial charge in [-0.2, -0.15) is 5.26 Å². The number of nitrogens with zero attached hydrogens (tertiary/aromatic N) is 1. The van der Waals surface area contributed by atoms with Crippen LogP contribution in [0.2, 0.25) is 0 Å². The lowest BCUT2D eigenvalue weighted by Crippen LogP contribution is -2.09. The van der Waals surface area contributed by atoms with Crippen molar-refractivity contribution in [2.24, 2.45) is 0 Å². The lowest BCUT2D eigenvalue weighted by Gasteiger charge is -2.13. The first kappa shape index (κ1) is 18.5. The number of hydrogen-bond acceptors (Lipinski definition) is 4. The number of benzene rings is 3. The highest BCUT2D eigenvalue weighted by Crippen LogP contribution is 2.27. The number of allylic oxidation sites excluding steroid dienone is 1. The summed E-state index contributed by atoms with van der Waals surface area (Å²) in [4.78, 5) is 12.9. The second kappa shape index (κ2) is 9.42. The molecule has 3 rings (SSSR count). The molecule has 0 unspecified atom stereocenters. The molecule has 27 heavy (non-hydrogen) atoms. The van der Waals surface area contributed by atoms with Crippen molar-refractivity contribution in [1.29, 1.82) is 5.26 Å². The molecular weight excluding hydrogens is 352 g/mol. The lowest BCUT2D eigenvalue weighted by atomic mass is 10.1. The number of hydrogen-bond donors (Lipinski definition) is 1. The molecule has 0 aliphatic carbocycles. The summed E-state index contributed by atoms with van der Waals surface area (Å²) in [6.45, 7) is 0. The van der Waals surface area contributed by atoms with E-state index in [0.717, 1.165) is 11.3 Å². The van der Waals surface area contributed by atoms with E-state index in [0.29, 0.717) is 16.3 Å². The third-order valence-corrected chi connectivity index (χ3v) is 4.93. The van der Waals surface area contributed by atoms with E-state index in [9.17, 15) is 10.1 Å². The van der Waals surface area contributed by atoms with Crippen LogP contribution in [-0.2, 0) is 5.75 Å². The van der Waals surface area contributed by atoms with E-state index >= 15 is 0 Å². The SMILES string of the molecule is N#C/C(C(=O)c1ccccc1)=C(/Nc1ccccc1)SCc1ccccc1. The number of para-hydroxylation sites is 1. The number of carbonyl (C=O) groups is 1. The van der Waals surface area contributed by atoms with Gasteiger partial charge in [0.1, 0.15) is 11.6 Å². The third kappa shape index (κ3) is 5.10. The van der Waals surface area contributed by atoms with Crippen LogP contribution in [0.3, 0.4) is 0 Å². The van der Waals surface area contributed by atoms with Gasteiger partial charge in [0.25, 0.3) is 0 Å². The first-order chi connectivity index (χ1) is 13.3. The van der Waals surface area contributed by atoms with Gasteiger partial charge in [-0.3, -0.25) is 4.79 Å². The van der Waals surface area contributed by atoms with Crippen molar-refractivity contribution in [3.8, 4) is 6.07 Å². The number of thioether (sulfide) groups is 1. The van der Waals surface area contributed by atoms with Crippen LogP contribution in [-0.4, -0.2) is 5.78 Å². The van der Waals surface area contributed by atoms with Crippen LogP contribution in [0.25, 0.3) is 0 Å². The van der Waals surface area contributed by atoms with Crippen molar-refractivity contribution < 1.29 is 4.79 Å². The number of carbonyl (C=O) groups excluding carboxylic acids is 1. The Bertz CT molecular complexity index is 962. The molecule has 0 amide bonds. The molecule has 3 aromatic rings. The summed E-state index contributed by atoms with van der Waals surface area (Å²) in [5.74, 6) is 0.376. The molecule has 0 fully saturated rings. The molecule has 0 aromatic heterocycles. The molecule has 4 heteroatoms. The molecule has 0 saturated heterocycles. The summed E-state index contributed by atoms with van der Waals surface area (Å²) in [7, 11) is 0. The molecule has 0 spiro atoms. The van der Waals surface area contributed by atoms with Gasteiger partial charge in [-0.25, -0.2) is 0 Å². The van der Waals surface area contributed by atoms with Gasteiger partial charge in [-0.05, 0) is 17.7 Å². The fraction of sp³-hybridized carbons (Fsp3) is 0.0435. The Hall–Kier alpha value is -3.29. The summed E-state index contributed by atoms with van der Waals surface area (Å²) in [5, 5.41) is 13.5. The van der Waals surface area contributed by atoms with Gasteiger partial charge in [0.2, 0.25) is 5.78 Å². The maximum atomic E-state index is 12.9. The Morgan fingerprint density at radius 2 is 1.41 bits per heavy atom. The number of rotatable bonds is 7. The number of anilines is 1. The van der Waals surface area contributed by atoms with Crippen molar-refractivity contribution in [3.05, 3.63) is 113 Å². The molecule has 0 bridgehead atoms. The second-order valence-electron chi connectivity index (χ2n) is 5.78. The predicted molar refractivity (Wildman–Crippen MR) is 111 cm³/mol. The molecule has 1 N–H and O–H groups in total. The summed E-state index contributed by atoms with van der Waals surface area (Å²) in [5.41, 5.74) is 2.58. The molecule has 3 nitrogen and oxygen atoms in total. The standard InChI is InChI=1S/C23H18N2OS/c24-16-21(22(26)19-12-6-2-7-13-19)23(25-20-14-8-3-9-15-20)27-17-18-10-4-1-5-11-18/h1-15,25H,17H2/b23-21+. The van der Waals surface area contributed by atoms with E-state index in [1.165, 1.54) is 11.8 Å². The van der Waals surface area contributed by atoms with E-state index in [1.807, 2.05) is 66.7 Å². The second-order valence-corrected chi connectivity index (χ2v) is 6.76. The molecule has 0 saturated carbocycles. The first-order valence-corrected chi connectivity index (χ1v) is 9.49. The summed E-state index contributed by atoms with van der Waals surface area (Å²) >= 11 is 1.45. The maximum absolute atomic E-state index is 12.9. The maximum Gasteiger partial charge on any atom is 0.206 e. The molecule has 0 atom stereocenters. The molecular formula is C23H18N2OS. The van der Waals surface area contributed by atoms with Crippen molar-refractivity contribution in [3.63, 3.8) is 0 Å². The lowest BCUT2D eigenvalue weighted by molar-refractivity contribution is 0.103. The van der Waals surface area contributed by atoms with Gasteiger partial charge in [0.15, 0.2) is 0 Å². The zero-order valence-corrected chi connectivity index (χ0v) is 15.4. The average Bonchev–Trinajstić information content (AvgIpc) is 2.74. The number of nitrogens with one attached hydrogen (secondary N) is 1. The molecule has 0 heterocycles. The van der Waals surface area contributed by atoms with E-state index < -0.39 is 0 Å². The van der Waals surface area contributed by atoms with Gasteiger partial charge < -0.3 is 5.32 Å². The highest BCUT2D eigenvalue weighted by molar-refractivity contribution is 8.02. The minimum atomic E-state index is -0.280. The van der Waals surface area contributed by atoms with E-state index in [4.69, 9.17) is 0 Å². The van der Waals surface area contributed by atoms with Crippen LogP contribution in [0.1, 0.15) is 15.9 Å². The molecule has 3 aromatic carbocycles. The van der Waals surface area contributed by atoms with Crippen LogP contribution in [0, 0.1) is 11.3 Å². The quantitative estimate of drug-likeness (QED) is 0.332. The van der Waals surface area contributed by atoms with Gasteiger partial charge in [-0.15, -0.1) is 11.8 Å². The highest BCUT2D eigenvalue weighted by atomic mass is 32.2. The highest BCUT2D eigenvalue weighted by Gasteiger charge is 2.18. The minimum absolute atomic E-state index is 0.117. The van der Waals surface area contributed by atoms with Gasteiger partial charge in [0.05, 0.1) is 5.03 Å². The van der Waals surface area contributed by atoms with Crippen LogP contribution in [0.4, 0.5) is 5.69 Å². The summed E-state index contributed by atoms with van der Waals surface area (Å²) < 4.78 is 0. The molecule has 0 aliphatic rings. The first-order valence-electron chi connectivity index (χ1n) is 8.51. The van der Waals surface area contributed by atoms with Crippen LogP contribution < -0.4 is 5.32 Å². The Balaban J connectivity index is 1.93. The zero-order chi connectivity index (χ0) is 18.9. The topological polar surface area (TPSA) is 52.9 Å². The van der Waals surface area contributed by atoms with E-state index in [-0.39, 0.29) is 11.4 Å². The number of nitriles is 1. The molecule has 132 valence electrons. The zero-order valence-electron chi connectivity index (χ0n) is 14.6. The van der Waals surface area contributed by atoms with Crippen molar-refractivity contribution >= 4 is 23.2 Å². The third-order valence-electron chi connectivity index (χ3n) is 3.86. The Kier molecular flexibility index (Phi) is 6.45. The largest absolute Gasteiger partial charge is 0.349 e. The van der Waals surface area contributed by atoms with Crippen molar-refractivity contribution in [2.45, 2.75) is 5.75 Å². The Morgan fingerprint density at radius 3 is 2.00 bits per heavy atom. The fourth-order valence-corrected chi connectivity index (χ4v) is 3.47. The summed E-state index contributed by atoms with van der Waals surface area (Å²) in [6, 6.07) is 30.5. The van der Waals surface area contributed by atoms with Gasteiger partial charge >= 0.3 is 0 Å². The van der Waals surface area contributed by atoms with E-state index in [1.54, 1.807) is 24.3 Å². The summed E-state index contributed by atoms with van der Waals surface area (Å²) in [6.07, 6.45) is 0. The normalized spacial score (nSPS) is 11.2. The predicted octanol–water partition coefficient (Wildman–Crippen LogP) is 5.65. The van der Waals surface area contributed by atoms with Crippen LogP contribution in [0.15, 0.2) is 102 Å². The van der Waals surface area contributed by atoms with Crippen molar-refractivity contribution in [2.75, 3.05) is 5.32 Å². The van der Waals surface area contributed by atoms with Crippen molar-refractivity contribution in [1.82, 2.24) is 0 Å². The molecule has 0 radical (unpaired) electrons. The minimum Gasteiger partial charge on any atom is -0.349 e. The number of Topliss-reactive ketones (excluding diaryl/α,β-unsaturated/α-hetero) is 1. The van der Waals surface area contributed by atoms with Gasteiger partial charge in [0, 0.05) is 17.0 Å². The van der Waals surface area contributed by atoms with Gasteiger partial charge in [-0.1, -0.05) is 78.9 Å². The smallest absolute Gasteiger partial charge is 0.206 e. The molecule has 0 aliphatic heterocycles. The average molecular weight is 370 g/mol. The monoisotopic (exact) mass is 370 g/mol. The van der Waals surface area contributed by atoms with E-state index in [2.05, 4.69) is 11.4 Å². The van der Waals surface area contributed by atoms with Crippen LogP contribution >= 0.6 is 11.8 Å². The fourth-order valence-electron chi connectivity index (χ4n) is 2.49. The number of ketones is 1. The Labute approximate surface area is 163 Å². The van der Waals surface area contributed by atoms with Crippen LogP contribution in [0.5, 0.6) is 0 Å². The Morgan fingerprint density at radius 1 is 0.852 bits per heavy atom.